The van der Waals surface area contributed by atoms with Crippen LogP contribution in [0, 0.1) is 0 Å². The zero-order valence-electron chi connectivity index (χ0n) is 20.6. The van der Waals surface area contributed by atoms with E-state index in [1.807, 2.05) is 12.1 Å². The summed E-state index contributed by atoms with van der Waals surface area (Å²) < 4.78 is 45.8. The number of nitrogens with one attached hydrogen (secondary N) is 1. The van der Waals surface area contributed by atoms with Crippen molar-refractivity contribution < 1.29 is 32.2 Å². The molecule has 0 unspecified atom stereocenters. The molecular formula is C27H30N2O7S. The Kier molecular flexibility index (Phi) is 4.94. The van der Waals surface area contributed by atoms with E-state index in [-0.39, 0.29) is 17.2 Å². The van der Waals surface area contributed by atoms with Crippen molar-refractivity contribution in [3.8, 4) is 11.5 Å². The molecule has 5 atom stereocenters. The minimum atomic E-state index is -3.49. The van der Waals surface area contributed by atoms with Gasteiger partial charge in [-0.25, -0.2) is 8.42 Å². The van der Waals surface area contributed by atoms with Crippen molar-refractivity contribution in [1.82, 2.24) is 9.62 Å². The van der Waals surface area contributed by atoms with Crippen LogP contribution in [0.2, 0.25) is 0 Å². The zero-order valence-corrected chi connectivity index (χ0v) is 21.4. The molecule has 3 aliphatic carbocycles. The lowest BCUT2D eigenvalue weighted by Gasteiger charge is -2.63. The Morgan fingerprint density at radius 1 is 1.24 bits per heavy atom. The summed E-state index contributed by atoms with van der Waals surface area (Å²) in [6, 6.07) is 4.66. The van der Waals surface area contributed by atoms with Crippen LogP contribution < -0.4 is 14.8 Å². The van der Waals surface area contributed by atoms with Crippen LogP contribution in [-0.4, -0.2) is 66.4 Å². The lowest BCUT2D eigenvalue weighted by atomic mass is 9.48. The average Bonchev–Trinajstić information content (AvgIpc) is 3.50. The molecule has 1 aromatic heterocycles. The number of ether oxygens (including phenoxy) is 2. The maximum atomic E-state index is 13.4. The summed E-state index contributed by atoms with van der Waals surface area (Å²) in [5, 5.41) is 15.3. The van der Waals surface area contributed by atoms with Crippen molar-refractivity contribution >= 4 is 22.0 Å². The molecule has 1 saturated heterocycles. The maximum absolute atomic E-state index is 13.4. The highest BCUT2D eigenvalue weighted by Gasteiger charge is 2.74. The van der Waals surface area contributed by atoms with Gasteiger partial charge in [-0.3, -0.25) is 4.79 Å². The number of hydrogen-bond acceptors (Lipinski definition) is 7. The molecule has 37 heavy (non-hydrogen) atoms. The Bertz CT molecular complexity index is 1400. The number of nitrogens with zero attached hydrogens (tertiary/aromatic N) is 1. The number of aliphatic hydroxyl groups is 1. The minimum absolute atomic E-state index is 0.263. The number of furan rings is 1. The predicted octanol–water partition coefficient (Wildman–Crippen LogP) is 2.13. The highest BCUT2D eigenvalue weighted by Crippen LogP contribution is 2.66. The number of piperidine rings is 1. The van der Waals surface area contributed by atoms with Gasteiger partial charge in [0.25, 0.3) is 0 Å². The third-order valence-electron chi connectivity index (χ3n) is 9.19. The van der Waals surface area contributed by atoms with E-state index in [9.17, 15) is 18.3 Å². The zero-order chi connectivity index (χ0) is 25.6. The molecule has 2 bridgehead atoms. The molecule has 3 heterocycles. The smallest absolute Gasteiger partial charge is 0.244 e. The number of carbonyl (C=O) groups excluding carboxylic acids is 1. The maximum Gasteiger partial charge on any atom is 0.244 e. The first-order valence-electron chi connectivity index (χ1n) is 12.9. The lowest BCUT2D eigenvalue weighted by Crippen LogP contribution is -2.78. The second-order valence-corrected chi connectivity index (χ2v) is 13.1. The molecular weight excluding hydrogens is 496 g/mol. The van der Waals surface area contributed by atoms with Crippen molar-refractivity contribution in [3.05, 3.63) is 53.5 Å². The standard InChI is InChI=1S/C27H30N2O7S/c1-34-20-6-3-17-14-21-27(31)10-8-19(28-22(30)7-2-16-9-13-35-15-16)25-26(27,23(17)24(20)36-25)11-12-29(21)37(32,33)18-4-5-18/h2-3,6-7,9,13,15,18-19,21,25,31H,4-5,8,10-12,14H2,1H3,(H,28,30)/b7-2+/t19-,21-,25+,26+,27-/m1/s1. The van der Waals surface area contributed by atoms with Crippen LogP contribution in [0.4, 0.5) is 0 Å². The quantitative estimate of drug-likeness (QED) is 0.554. The highest BCUT2D eigenvalue weighted by atomic mass is 32.2. The molecule has 0 radical (unpaired) electrons. The first-order valence-corrected chi connectivity index (χ1v) is 14.4. The van der Waals surface area contributed by atoms with Gasteiger partial charge in [-0.15, -0.1) is 0 Å². The van der Waals surface area contributed by atoms with E-state index >= 15 is 0 Å². The summed E-state index contributed by atoms with van der Waals surface area (Å²) >= 11 is 0. The second kappa shape index (κ2) is 7.85. The van der Waals surface area contributed by atoms with Gasteiger partial charge in [-0.05, 0) is 62.3 Å². The number of sulfonamides is 1. The van der Waals surface area contributed by atoms with Crippen molar-refractivity contribution in [2.24, 2.45) is 0 Å². The average molecular weight is 527 g/mol. The molecule has 196 valence electrons. The molecule has 1 amide bonds. The van der Waals surface area contributed by atoms with E-state index in [2.05, 4.69) is 5.32 Å². The summed E-state index contributed by atoms with van der Waals surface area (Å²) in [7, 11) is -1.90. The van der Waals surface area contributed by atoms with E-state index in [1.165, 1.54) is 6.08 Å². The van der Waals surface area contributed by atoms with Crippen LogP contribution in [0.5, 0.6) is 11.5 Å². The third-order valence-corrected chi connectivity index (χ3v) is 11.6. The first kappa shape index (κ1) is 23.3. The first-order chi connectivity index (χ1) is 17.8. The van der Waals surface area contributed by atoms with Gasteiger partial charge in [0, 0.05) is 23.7 Å². The fourth-order valence-corrected chi connectivity index (χ4v) is 9.50. The molecule has 2 saturated carbocycles. The number of benzene rings is 1. The van der Waals surface area contributed by atoms with Crippen molar-refractivity contribution in [3.63, 3.8) is 0 Å². The molecule has 7 rings (SSSR count). The summed E-state index contributed by atoms with van der Waals surface area (Å²) in [4.78, 5) is 12.9. The van der Waals surface area contributed by atoms with Crippen LogP contribution in [0.15, 0.2) is 41.2 Å². The predicted molar refractivity (Wildman–Crippen MR) is 134 cm³/mol. The van der Waals surface area contributed by atoms with Crippen molar-refractivity contribution in [2.45, 2.75) is 73.0 Å². The van der Waals surface area contributed by atoms with Gasteiger partial charge < -0.3 is 24.3 Å². The Hall–Kier alpha value is -2.82. The topological polar surface area (TPSA) is 118 Å². The molecule has 3 fully saturated rings. The molecule has 2 N–H and O–H groups in total. The molecule has 9 nitrogen and oxygen atoms in total. The Morgan fingerprint density at radius 2 is 2.08 bits per heavy atom. The molecule has 1 spiro atoms. The summed E-state index contributed by atoms with van der Waals surface area (Å²) in [6.07, 6.45) is 8.73. The highest BCUT2D eigenvalue weighted by molar-refractivity contribution is 7.90. The number of hydrogen-bond donors (Lipinski definition) is 2. The molecule has 1 aromatic carbocycles. The largest absolute Gasteiger partial charge is 0.493 e. The van der Waals surface area contributed by atoms with Crippen LogP contribution >= 0.6 is 0 Å². The number of methoxy groups -OCH3 is 1. The molecule has 2 aromatic rings. The van der Waals surface area contributed by atoms with Crippen molar-refractivity contribution in [2.75, 3.05) is 13.7 Å². The fraction of sp³-hybridized carbons (Fsp3) is 0.519. The van der Waals surface area contributed by atoms with E-state index in [0.29, 0.717) is 56.6 Å². The van der Waals surface area contributed by atoms with Crippen LogP contribution in [0.1, 0.15) is 48.8 Å². The van der Waals surface area contributed by atoms with Gasteiger partial charge >= 0.3 is 0 Å². The number of rotatable bonds is 6. The summed E-state index contributed by atoms with van der Waals surface area (Å²) in [5.41, 5.74) is 0.540. The van der Waals surface area contributed by atoms with E-state index in [0.717, 1.165) is 16.7 Å². The van der Waals surface area contributed by atoms with E-state index < -0.39 is 33.2 Å². The van der Waals surface area contributed by atoms with Crippen LogP contribution in [0.3, 0.4) is 0 Å². The Balaban J connectivity index is 1.29. The fourth-order valence-electron chi connectivity index (χ4n) is 7.44. The normalized spacial score (nSPS) is 34.2. The lowest BCUT2D eigenvalue weighted by molar-refractivity contribution is -0.177. The van der Waals surface area contributed by atoms with Crippen LogP contribution in [0.25, 0.3) is 6.08 Å². The van der Waals surface area contributed by atoms with Gasteiger partial charge in [0.15, 0.2) is 11.5 Å². The van der Waals surface area contributed by atoms with Gasteiger partial charge in [0.05, 0.1) is 48.0 Å². The Morgan fingerprint density at radius 3 is 2.81 bits per heavy atom. The minimum Gasteiger partial charge on any atom is -0.493 e. The number of amides is 1. The van der Waals surface area contributed by atoms with Crippen molar-refractivity contribution in [1.29, 1.82) is 0 Å². The van der Waals surface area contributed by atoms with E-state index in [1.54, 1.807) is 36.1 Å². The van der Waals surface area contributed by atoms with Gasteiger partial charge in [0.1, 0.15) is 6.10 Å². The van der Waals surface area contributed by atoms with Gasteiger partial charge in [0.2, 0.25) is 15.9 Å². The van der Waals surface area contributed by atoms with Crippen LogP contribution in [-0.2, 0) is 26.7 Å². The second-order valence-electron chi connectivity index (χ2n) is 10.9. The SMILES string of the molecule is COc1ccc2c3c1O[C@H]1[C@H](NC(=O)/C=C/c4ccoc4)CC[C@@]4(O)[C@@H](C2)N(S(=O)(=O)C2CC2)CC[C@]314. The molecule has 5 aliphatic rings. The van der Waals surface area contributed by atoms with Gasteiger partial charge in [-0.2, -0.15) is 4.31 Å². The van der Waals surface area contributed by atoms with E-state index in [4.69, 9.17) is 13.9 Å². The summed E-state index contributed by atoms with van der Waals surface area (Å²) in [5.74, 6) is 0.928. The monoisotopic (exact) mass is 526 g/mol. The molecule has 10 heteroatoms. The Labute approximate surface area is 215 Å². The summed E-state index contributed by atoms with van der Waals surface area (Å²) in [6.45, 7) is 0.322. The van der Waals surface area contributed by atoms with Gasteiger partial charge in [-0.1, -0.05) is 6.07 Å². The molecule has 2 aliphatic heterocycles. The number of carbonyl (C=O) groups is 1. The third kappa shape index (κ3) is 3.09.